The maximum atomic E-state index is 13.3. The van der Waals surface area contributed by atoms with Crippen LogP contribution < -0.4 is 5.32 Å². The summed E-state index contributed by atoms with van der Waals surface area (Å²) in [4.78, 5) is 3.47. The van der Waals surface area contributed by atoms with Gasteiger partial charge in [-0.25, -0.2) is 0 Å². The fourth-order valence-electron chi connectivity index (χ4n) is 5.58. The molecule has 0 radical (unpaired) electrons. The van der Waals surface area contributed by atoms with Crippen LogP contribution in [0.25, 0.3) is 10.9 Å². The first-order valence-electron chi connectivity index (χ1n) is 12.2. The van der Waals surface area contributed by atoms with E-state index < -0.39 is 17.2 Å². The normalized spacial score (nSPS) is 23.4. The van der Waals surface area contributed by atoms with E-state index >= 15 is 0 Å². The number of aromatic hydroxyl groups is 2. The average molecular weight is 489 g/mol. The molecule has 1 heterocycles. The quantitative estimate of drug-likeness (QED) is 0.229. The number of para-hydroxylation sites is 1. The first-order chi connectivity index (χ1) is 16.6. The van der Waals surface area contributed by atoms with Gasteiger partial charge in [-0.05, 0) is 80.3 Å². The molecule has 5 rings (SSSR count). The first kappa shape index (κ1) is 24.0. The van der Waals surface area contributed by atoms with Crippen LogP contribution in [0.4, 0.5) is 13.2 Å². The Bertz CT molecular complexity index is 1220. The number of aryl methyl sites for hydroxylation is 1. The summed E-state index contributed by atoms with van der Waals surface area (Å²) in [6.45, 7) is 0.326. The summed E-state index contributed by atoms with van der Waals surface area (Å²) in [7, 11) is 0. The van der Waals surface area contributed by atoms with Crippen LogP contribution in [0.15, 0.2) is 42.5 Å². The van der Waals surface area contributed by atoms with Gasteiger partial charge < -0.3 is 25.6 Å². The fraction of sp³-hybridized carbons (Fsp3) is 0.481. The van der Waals surface area contributed by atoms with Gasteiger partial charge >= 0.3 is 6.18 Å². The molecule has 1 fully saturated rings. The van der Waals surface area contributed by atoms with Gasteiger partial charge in [0.05, 0.1) is 11.0 Å². The number of hydrogen-bond donors (Lipinski definition) is 5. The largest absolute Gasteiger partial charge is 0.504 e. The number of aliphatic hydroxyl groups is 1. The van der Waals surface area contributed by atoms with Crippen LogP contribution in [-0.2, 0) is 19.3 Å². The molecule has 5 N–H and O–H groups in total. The van der Waals surface area contributed by atoms with Gasteiger partial charge in [0.25, 0.3) is 0 Å². The molecule has 2 atom stereocenters. The number of hydrogen-bond acceptors (Lipinski definition) is 4. The molecule has 1 aromatic heterocycles. The second-order valence-electron chi connectivity index (χ2n) is 10.4. The monoisotopic (exact) mass is 488 g/mol. The van der Waals surface area contributed by atoms with Gasteiger partial charge in [0, 0.05) is 29.6 Å². The van der Waals surface area contributed by atoms with Crippen molar-refractivity contribution in [3.8, 4) is 11.5 Å². The molecule has 0 bridgehead atoms. The average Bonchev–Trinajstić information content (AvgIpc) is 3.54. The van der Waals surface area contributed by atoms with Crippen LogP contribution in [0.1, 0.15) is 42.5 Å². The van der Waals surface area contributed by atoms with E-state index in [0.29, 0.717) is 38.6 Å². The zero-order valence-electron chi connectivity index (χ0n) is 19.5. The Hall–Kier alpha value is -2.71. The minimum Gasteiger partial charge on any atom is -0.504 e. The molecule has 0 aliphatic heterocycles. The van der Waals surface area contributed by atoms with E-state index in [1.807, 2.05) is 24.3 Å². The number of rotatable bonds is 8. The smallest absolute Gasteiger partial charge is 0.395 e. The number of aromatic nitrogens is 1. The zero-order chi connectivity index (χ0) is 24.8. The number of halogens is 3. The first-order valence-corrected chi connectivity index (χ1v) is 12.2. The highest BCUT2D eigenvalue weighted by Crippen LogP contribution is 2.57. The third kappa shape index (κ3) is 4.61. The maximum absolute atomic E-state index is 13.3. The Morgan fingerprint density at radius 2 is 1.83 bits per heavy atom. The van der Waals surface area contributed by atoms with Crippen molar-refractivity contribution in [2.75, 3.05) is 13.1 Å². The summed E-state index contributed by atoms with van der Waals surface area (Å²) in [5.41, 5.74) is 1.36. The van der Waals surface area contributed by atoms with Crippen molar-refractivity contribution < 1.29 is 28.5 Å². The molecule has 8 heteroatoms. The van der Waals surface area contributed by atoms with Crippen molar-refractivity contribution in [2.45, 2.75) is 56.7 Å². The van der Waals surface area contributed by atoms with E-state index in [0.717, 1.165) is 27.7 Å². The van der Waals surface area contributed by atoms with Crippen LogP contribution >= 0.6 is 0 Å². The minimum absolute atomic E-state index is 0.0773. The fourth-order valence-corrected chi connectivity index (χ4v) is 5.58. The molecule has 2 aliphatic rings. The van der Waals surface area contributed by atoms with E-state index in [2.05, 4.69) is 10.3 Å². The summed E-state index contributed by atoms with van der Waals surface area (Å²) < 4.78 is 39.8. The van der Waals surface area contributed by atoms with Crippen LogP contribution in [0.3, 0.4) is 0 Å². The predicted octanol–water partition coefficient (Wildman–Crippen LogP) is 4.98. The van der Waals surface area contributed by atoms with Gasteiger partial charge in [-0.3, -0.25) is 0 Å². The van der Waals surface area contributed by atoms with Gasteiger partial charge in [-0.1, -0.05) is 24.3 Å². The number of fused-ring (bicyclic) bond motifs is 3. The van der Waals surface area contributed by atoms with Crippen LogP contribution in [-0.4, -0.2) is 45.2 Å². The van der Waals surface area contributed by atoms with E-state index in [9.17, 15) is 28.5 Å². The molecule has 188 valence electrons. The number of phenols is 2. The summed E-state index contributed by atoms with van der Waals surface area (Å²) in [5, 5.41) is 35.4. The van der Waals surface area contributed by atoms with E-state index in [1.54, 1.807) is 6.07 Å². The van der Waals surface area contributed by atoms with Crippen molar-refractivity contribution >= 4 is 10.9 Å². The van der Waals surface area contributed by atoms with Gasteiger partial charge in [0.2, 0.25) is 0 Å². The molecule has 0 spiro atoms. The van der Waals surface area contributed by atoms with Crippen molar-refractivity contribution in [2.24, 2.45) is 11.3 Å². The number of benzene rings is 2. The Labute approximate surface area is 202 Å². The van der Waals surface area contributed by atoms with Gasteiger partial charge in [0.1, 0.15) is 0 Å². The van der Waals surface area contributed by atoms with Crippen LogP contribution in [0, 0.1) is 11.3 Å². The predicted molar refractivity (Wildman–Crippen MR) is 127 cm³/mol. The Morgan fingerprint density at radius 3 is 2.54 bits per heavy atom. The highest BCUT2D eigenvalue weighted by molar-refractivity contribution is 5.85. The molecule has 35 heavy (non-hydrogen) atoms. The number of aromatic amines is 1. The third-order valence-electron chi connectivity index (χ3n) is 8.07. The van der Waals surface area contributed by atoms with Crippen molar-refractivity contribution in [1.29, 1.82) is 0 Å². The molecule has 0 amide bonds. The van der Waals surface area contributed by atoms with E-state index in [-0.39, 0.29) is 36.8 Å². The van der Waals surface area contributed by atoms with Crippen molar-refractivity contribution in [3.05, 3.63) is 59.3 Å². The Balaban J connectivity index is 1.33. The van der Waals surface area contributed by atoms with Crippen molar-refractivity contribution in [1.82, 2.24) is 10.3 Å². The molecule has 3 aromatic rings. The lowest BCUT2D eigenvalue weighted by Gasteiger charge is -2.40. The lowest BCUT2D eigenvalue weighted by molar-refractivity contribution is -0.185. The minimum atomic E-state index is -4.18. The van der Waals surface area contributed by atoms with Gasteiger partial charge in [0.15, 0.2) is 11.5 Å². The summed E-state index contributed by atoms with van der Waals surface area (Å²) in [5.74, 6) is -0.524. The summed E-state index contributed by atoms with van der Waals surface area (Å²) >= 11 is 0. The highest BCUT2D eigenvalue weighted by Gasteiger charge is 2.62. The topological polar surface area (TPSA) is 88.5 Å². The molecule has 5 nitrogen and oxygen atoms in total. The molecule has 1 unspecified atom stereocenters. The number of nitrogens with one attached hydrogen (secondary N) is 2. The van der Waals surface area contributed by atoms with Crippen molar-refractivity contribution in [3.63, 3.8) is 0 Å². The van der Waals surface area contributed by atoms with Gasteiger partial charge in [-0.15, -0.1) is 0 Å². The lowest BCUT2D eigenvalue weighted by atomic mass is 9.70. The molecular formula is C27H31F3N2O3. The summed E-state index contributed by atoms with van der Waals surface area (Å²) in [6.07, 6.45) is -1.26. The molecule has 2 aliphatic carbocycles. The second kappa shape index (κ2) is 8.75. The van der Waals surface area contributed by atoms with Gasteiger partial charge in [-0.2, -0.15) is 13.2 Å². The second-order valence-corrected chi connectivity index (χ2v) is 10.4. The molecule has 1 saturated carbocycles. The number of alkyl halides is 3. The van der Waals surface area contributed by atoms with Crippen LogP contribution in [0.2, 0.25) is 0 Å². The molecule has 0 saturated heterocycles. The van der Waals surface area contributed by atoms with E-state index in [1.165, 1.54) is 12.1 Å². The number of phenolic OH excluding ortho intramolecular Hbond substituents is 2. The SMILES string of the molecule is Oc1ccc(CC[C@]2(O)Cc3c([nH]c4ccccc34)CC2CCNCC2(C(F)(F)F)CC2)cc1O. The highest BCUT2D eigenvalue weighted by atomic mass is 19.4. The Morgan fingerprint density at radius 1 is 1.06 bits per heavy atom. The standard InChI is InChI=1S/C27H31F3N2O3/c28-27(29,30)25(10-11-25)16-31-12-8-18-14-22-20(19-3-1-2-4-21(19)32-22)15-26(18,35)9-7-17-5-6-23(33)24(34)13-17/h1-6,13,18,31-35H,7-12,14-16H2/t18?,26-/m0/s1. The van der Waals surface area contributed by atoms with E-state index in [4.69, 9.17) is 0 Å². The third-order valence-corrected chi connectivity index (χ3v) is 8.07. The lowest BCUT2D eigenvalue weighted by Crippen LogP contribution is -2.46. The molecule has 2 aromatic carbocycles. The molecular weight excluding hydrogens is 457 g/mol. The summed E-state index contributed by atoms with van der Waals surface area (Å²) in [6, 6.07) is 12.6. The Kier molecular flexibility index (Phi) is 6.00. The number of H-pyrrole nitrogens is 1. The zero-order valence-corrected chi connectivity index (χ0v) is 19.5. The maximum Gasteiger partial charge on any atom is 0.395 e. The van der Waals surface area contributed by atoms with Crippen LogP contribution in [0.5, 0.6) is 11.5 Å².